The molecule has 0 aromatic carbocycles. The number of piperidine rings is 1. The van der Waals surface area contributed by atoms with E-state index in [-0.39, 0.29) is 0 Å². The molecule has 13 heavy (non-hydrogen) atoms. The lowest BCUT2D eigenvalue weighted by Gasteiger charge is -2.48. The molecule has 78 valence electrons. The number of hydrogen-bond acceptors (Lipinski definition) is 2. The first kappa shape index (κ1) is 11.0. The predicted molar refractivity (Wildman–Crippen MR) is 58.0 cm³/mol. The number of likely N-dealkylation sites (tertiary alicyclic amines) is 1. The molecule has 1 saturated heterocycles. The first-order valence-corrected chi connectivity index (χ1v) is 5.41. The quantitative estimate of drug-likeness (QED) is 0.704. The average molecular weight is 184 g/mol. The van der Waals surface area contributed by atoms with Gasteiger partial charge in [0.05, 0.1) is 0 Å². The Morgan fingerprint density at radius 1 is 1.38 bits per heavy atom. The van der Waals surface area contributed by atoms with Gasteiger partial charge in [0.15, 0.2) is 0 Å². The van der Waals surface area contributed by atoms with Crippen molar-refractivity contribution in [3.05, 3.63) is 0 Å². The highest BCUT2D eigenvalue weighted by Gasteiger charge is 2.35. The second-order valence-corrected chi connectivity index (χ2v) is 5.08. The molecule has 1 heterocycles. The topological polar surface area (TPSA) is 15.3 Å². The van der Waals surface area contributed by atoms with Crippen LogP contribution in [0.4, 0.5) is 0 Å². The molecular weight excluding hydrogens is 160 g/mol. The lowest BCUT2D eigenvalue weighted by atomic mass is 9.86. The highest BCUT2D eigenvalue weighted by molar-refractivity contribution is 4.92. The second kappa shape index (κ2) is 3.97. The molecule has 1 rings (SSSR count). The van der Waals surface area contributed by atoms with Gasteiger partial charge in [-0.05, 0) is 47.6 Å². The number of rotatable bonds is 2. The van der Waals surface area contributed by atoms with E-state index >= 15 is 0 Å². The minimum atomic E-state index is 0.361. The largest absolute Gasteiger partial charge is 0.317 e. The maximum atomic E-state index is 3.39. The summed E-state index contributed by atoms with van der Waals surface area (Å²) in [6.07, 6.45) is 2.56. The minimum Gasteiger partial charge on any atom is -0.317 e. The van der Waals surface area contributed by atoms with Crippen LogP contribution in [0.25, 0.3) is 0 Å². The van der Waals surface area contributed by atoms with Crippen LogP contribution in [-0.2, 0) is 0 Å². The van der Waals surface area contributed by atoms with Crippen LogP contribution in [0.2, 0.25) is 0 Å². The van der Waals surface area contributed by atoms with Crippen molar-refractivity contribution in [2.24, 2.45) is 0 Å². The van der Waals surface area contributed by atoms with E-state index in [1.807, 2.05) is 0 Å². The normalized spacial score (nSPS) is 29.5. The van der Waals surface area contributed by atoms with E-state index in [1.54, 1.807) is 0 Å². The number of nitrogens with one attached hydrogen (secondary N) is 1. The van der Waals surface area contributed by atoms with Crippen LogP contribution >= 0.6 is 0 Å². The monoisotopic (exact) mass is 184 g/mol. The summed E-state index contributed by atoms with van der Waals surface area (Å²) in [4.78, 5) is 2.61. The van der Waals surface area contributed by atoms with E-state index in [1.165, 1.54) is 19.4 Å². The molecule has 0 saturated carbocycles. The summed E-state index contributed by atoms with van der Waals surface area (Å²) in [5, 5.41) is 3.39. The molecule has 0 bridgehead atoms. The Bertz CT molecular complexity index is 163. The SMILES string of the molecule is CNC1CCN(C(C)C)C(C)(C)C1. The van der Waals surface area contributed by atoms with E-state index in [2.05, 4.69) is 45.0 Å². The summed E-state index contributed by atoms with van der Waals surface area (Å²) >= 11 is 0. The zero-order valence-electron chi connectivity index (χ0n) is 9.72. The van der Waals surface area contributed by atoms with Gasteiger partial charge in [-0.1, -0.05) is 0 Å². The van der Waals surface area contributed by atoms with Crippen LogP contribution in [0.1, 0.15) is 40.5 Å². The molecule has 1 N–H and O–H groups in total. The van der Waals surface area contributed by atoms with Crippen molar-refractivity contribution in [1.29, 1.82) is 0 Å². The molecule has 1 aliphatic rings. The van der Waals surface area contributed by atoms with Gasteiger partial charge in [0.2, 0.25) is 0 Å². The standard InChI is InChI=1S/C11H24N2/c1-9(2)13-7-6-10(12-5)8-11(13,3)4/h9-10,12H,6-8H2,1-5H3. The molecule has 0 spiro atoms. The predicted octanol–water partition coefficient (Wildman–Crippen LogP) is 1.86. The molecule has 1 aliphatic heterocycles. The van der Waals surface area contributed by atoms with E-state index < -0.39 is 0 Å². The maximum Gasteiger partial charge on any atom is 0.0170 e. The molecule has 0 amide bonds. The second-order valence-electron chi connectivity index (χ2n) is 5.08. The van der Waals surface area contributed by atoms with Crippen molar-refractivity contribution in [3.8, 4) is 0 Å². The average Bonchev–Trinajstić information content (AvgIpc) is 2.01. The smallest absolute Gasteiger partial charge is 0.0170 e. The van der Waals surface area contributed by atoms with Gasteiger partial charge in [0.1, 0.15) is 0 Å². The lowest BCUT2D eigenvalue weighted by molar-refractivity contribution is 0.0329. The van der Waals surface area contributed by atoms with Gasteiger partial charge in [-0.15, -0.1) is 0 Å². The maximum absolute atomic E-state index is 3.39. The molecule has 2 nitrogen and oxygen atoms in total. The Labute approximate surface area is 82.7 Å². The summed E-state index contributed by atoms with van der Waals surface area (Å²) < 4.78 is 0. The third kappa shape index (κ3) is 2.44. The first-order valence-electron chi connectivity index (χ1n) is 5.41. The van der Waals surface area contributed by atoms with E-state index in [0.717, 1.165) is 0 Å². The van der Waals surface area contributed by atoms with Gasteiger partial charge < -0.3 is 5.32 Å². The van der Waals surface area contributed by atoms with Crippen LogP contribution in [0.5, 0.6) is 0 Å². The zero-order chi connectivity index (χ0) is 10.1. The Morgan fingerprint density at radius 3 is 2.38 bits per heavy atom. The molecular formula is C11H24N2. The van der Waals surface area contributed by atoms with Crippen LogP contribution < -0.4 is 5.32 Å². The van der Waals surface area contributed by atoms with Crippen molar-refractivity contribution in [3.63, 3.8) is 0 Å². The van der Waals surface area contributed by atoms with Crippen molar-refractivity contribution in [1.82, 2.24) is 10.2 Å². The first-order chi connectivity index (χ1) is 5.97. The molecule has 0 aromatic heterocycles. The minimum absolute atomic E-state index is 0.361. The van der Waals surface area contributed by atoms with E-state index in [9.17, 15) is 0 Å². The molecule has 2 heteroatoms. The van der Waals surface area contributed by atoms with Gasteiger partial charge in [0, 0.05) is 24.2 Å². The Hall–Kier alpha value is -0.0800. The van der Waals surface area contributed by atoms with Crippen LogP contribution in [0.3, 0.4) is 0 Å². The Balaban J connectivity index is 2.62. The third-order valence-electron chi connectivity index (χ3n) is 3.27. The van der Waals surface area contributed by atoms with Gasteiger partial charge >= 0.3 is 0 Å². The van der Waals surface area contributed by atoms with Crippen molar-refractivity contribution in [2.75, 3.05) is 13.6 Å². The van der Waals surface area contributed by atoms with Crippen molar-refractivity contribution in [2.45, 2.75) is 58.2 Å². The fourth-order valence-corrected chi connectivity index (χ4v) is 2.62. The van der Waals surface area contributed by atoms with Crippen LogP contribution in [0.15, 0.2) is 0 Å². The van der Waals surface area contributed by atoms with Crippen molar-refractivity contribution < 1.29 is 0 Å². The Kier molecular flexibility index (Phi) is 3.36. The zero-order valence-corrected chi connectivity index (χ0v) is 9.72. The summed E-state index contributed by atoms with van der Waals surface area (Å²) in [5.74, 6) is 0. The molecule has 0 radical (unpaired) electrons. The van der Waals surface area contributed by atoms with Gasteiger partial charge in [-0.25, -0.2) is 0 Å². The molecule has 0 aliphatic carbocycles. The molecule has 1 atom stereocenters. The van der Waals surface area contributed by atoms with Crippen molar-refractivity contribution >= 4 is 0 Å². The summed E-state index contributed by atoms with van der Waals surface area (Å²) in [6, 6.07) is 1.39. The summed E-state index contributed by atoms with van der Waals surface area (Å²) in [7, 11) is 2.08. The lowest BCUT2D eigenvalue weighted by Crippen LogP contribution is -2.56. The van der Waals surface area contributed by atoms with Crippen LogP contribution in [-0.4, -0.2) is 36.1 Å². The van der Waals surface area contributed by atoms with E-state index in [0.29, 0.717) is 17.6 Å². The fraction of sp³-hybridized carbons (Fsp3) is 1.00. The fourth-order valence-electron chi connectivity index (χ4n) is 2.62. The summed E-state index contributed by atoms with van der Waals surface area (Å²) in [6.45, 7) is 10.5. The Morgan fingerprint density at radius 2 is 2.00 bits per heavy atom. The molecule has 1 unspecified atom stereocenters. The number of hydrogen-bond donors (Lipinski definition) is 1. The highest BCUT2D eigenvalue weighted by Crippen LogP contribution is 2.29. The number of nitrogens with zero attached hydrogens (tertiary/aromatic N) is 1. The molecule has 1 fully saturated rings. The summed E-state index contributed by atoms with van der Waals surface area (Å²) in [5.41, 5.74) is 0.361. The highest BCUT2D eigenvalue weighted by atomic mass is 15.2. The van der Waals surface area contributed by atoms with E-state index in [4.69, 9.17) is 0 Å². The van der Waals surface area contributed by atoms with Gasteiger partial charge in [-0.2, -0.15) is 0 Å². The van der Waals surface area contributed by atoms with Gasteiger partial charge in [0.25, 0.3) is 0 Å². The van der Waals surface area contributed by atoms with Crippen LogP contribution in [0, 0.1) is 0 Å². The molecule has 0 aromatic rings. The third-order valence-corrected chi connectivity index (χ3v) is 3.27. The van der Waals surface area contributed by atoms with Gasteiger partial charge in [-0.3, -0.25) is 4.90 Å².